The van der Waals surface area contributed by atoms with Crippen LogP contribution < -0.4 is 5.73 Å². The fourth-order valence-electron chi connectivity index (χ4n) is 1.31. The summed E-state index contributed by atoms with van der Waals surface area (Å²) in [7, 11) is 0. The van der Waals surface area contributed by atoms with E-state index in [4.69, 9.17) is 10.5 Å². The van der Waals surface area contributed by atoms with Crippen LogP contribution in [0.2, 0.25) is 0 Å². The maximum absolute atomic E-state index is 5.64. The molecule has 0 aromatic carbocycles. The minimum Gasteiger partial charge on any atom is -0.498 e. The second-order valence-electron chi connectivity index (χ2n) is 4.81. The molecule has 0 radical (unpaired) electrons. The fourth-order valence-corrected chi connectivity index (χ4v) is 1.31. The third-order valence-electron chi connectivity index (χ3n) is 2.48. The second kappa shape index (κ2) is 6.07. The monoisotopic (exact) mass is 199 g/mol. The summed E-state index contributed by atoms with van der Waals surface area (Å²) in [6.45, 7) is 13.9. The number of nitrogens with two attached hydrogens (primary N) is 1. The van der Waals surface area contributed by atoms with Crippen LogP contribution in [0, 0.1) is 11.3 Å². The molecule has 0 aromatic rings. The van der Waals surface area contributed by atoms with Crippen molar-refractivity contribution in [3.63, 3.8) is 0 Å². The quantitative estimate of drug-likeness (QED) is 0.640. The Labute approximate surface area is 88.5 Å². The highest BCUT2D eigenvalue weighted by atomic mass is 16.5. The van der Waals surface area contributed by atoms with Gasteiger partial charge in [-0.1, -0.05) is 40.7 Å². The van der Waals surface area contributed by atoms with Gasteiger partial charge in [0.25, 0.3) is 0 Å². The van der Waals surface area contributed by atoms with Crippen molar-refractivity contribution in [1.82, 2.24) is 0 Å². The van der Waals surface area contributed by atoms with Gasteiger partial charge in [0.05, 0.1) is 12.4 Å². The summed E-state index contributed by atoms with van der Waals surface area (Å²) in [6, 6.07) is 0. The van der Waals surface area contributed by atoms with Crippen molar-refractivity contribution in [3.05, 3.63) is 12.3 Å². The van der Waals surface area contributed by atoms with Gasteiger partial charge in [-0.2, -0.15) is 0 Å². The second-order valence-corrected chi connectivity index (χ2v) is 4.81. The largest absolute Gasteiger partial charge is 0.498 e. The zero-order valence-electron chi connectivity index (χ0n) is 10.1. The maximum Gasteiger partial charge on any atom is 0.0929 e. The summed E-state index contributed by atoms with van der Waals surface area (Å²) in [4.78, 5) is 0. The van der Waals surface area contributed by atoms with Gasteiger partial charge in [-0.3, -0.25) is 0 Å². The summed E-state index contributed by atoms with van der Waals surface area (Å²) in [6.07, 6.45) is 2.37. The predicted molar refractivity (Wildman–Crippen MR) is 62.0 cm³/mol. The molecule has 0 fully saturated rings. The average molecular weight is 199 g/mol. The molecule has 0 aliphatic rings. The standard InChI is InChI=1S/C12H25NO/c1-6-7-12(4,5)9-14-11(3)10(2)8-13/h10H,3,6-9,13H2,1-2,4-5H3. The van der Waals surface area contributed by atoms with Crippen LogP contribution in [0.1, 0.15) is 40.5 Å². The normalized spacial score (nSPS) is 13.8. The van der Waals surface area contributed by atoms with Gasteiger partial charge >= 0.3 is 0 Å². The Bertz CT molecular complexity index is 175. The Morgan fingerprint density at radius 3 is 2.50 bits per heavy atom. The minimum atomic E-state index is 0.242. The molecule has 0 amide bonds. The van der Waals surface area contributed by atoms with E-state index in [9.17, 15) is 0 Å². The van der Waals surface area contributed by atoms with E-state index >= 15 is 0 Å². The van der Waals surface area contributed by atoms with Crippen LogP contribution in [0.5, 0.6) is 0 Å². The number of hydrogen-bond acceptors (Lipinski definition) is 2. The molecule has 2 heteroatoms. The van der Waals surface area contributed by atoms with E-state index in [2.05, 4.69) is 27.4 Å². The summed E-state index contributed by atoms with van der Waals surface area (Å²) < 4.78 is 5.64. The van der Waals surface area contributed by atoms with Gasteiger partial charge in [-0.15, -0.1) is 0 Å². The molecule has 2 nitrogen and oxygen atoms in total. The van der Waals surface area contributed by atoms with Crippen molar-refractivity contribution in [3.8, 4) is 0 Å². The molecule has 0 heterocycles. The first-order chi connectivity index (χ1) is 6.43. The fraction of sp³-hybridized carbons (Fsp3) is 0.833. The summed E-state index contributed by atoms with van der Waals surface area (Å²) >= 11 is 0. The van der Waals surface area contributed by atoms with E-state index in [0.29, 0.717) is 6.54 Å². The Morgan fingerprint density at radius 1 is 1.50 bits per heavy atom. The minimum absolute atomic E-state index is 0.242. The van der Waals surface area contributed by atoms with Crippen LogP contribution in [0.15, 0.2) is 12.3 Å². The topological polar surface area (TPSA) is 35.2 Å². The highest BCUT2D eigenvalue weighted by molar-refractivity contribution is 4.90. The van der Waals surface area contributed by atoms with Crippen LogP contribution in [0.3, 0.4) is 0 Å². The molecule has 0 aliphatic heterocycles. The van der Waals surface area contributed by atoms with Gasteiger partial charge in [0.1, 0.15) is 0 Å². The Hall–Kier alpha value is -0.500. The number of rotatable bonds is 7. The number of ether oxygens (including phenoxy) is 1. The number of hydrogen-bond donors (Lipinski definition) is 1. The predicted octanol–water partition coefficient (Wildman–Crippen LogP) is 2.94. The molecular weight excluding hydrogens is 174 g/mol. The summed E-state index contributed by atoms with van der Waals surface area (Å²) in [5.41, 5.74) is 5.77. The van der Waals surface area contributed by atoms with Crippen molar-refractivity contribution >= 4 is 0 Å². The molecule has 2 N–H and O–H groups in total. The Balaban J connectivity index is 3.87. The van der Waals surface area contributed by atoms with Crippen molar-refractivity contribution in [2.24, 2.45) is 17.1 Å². The van der Waals surface area contributed by atoms with Gasteiger partial charge in [-0.05, 0) is 11.8 Å². The Morgan fingerprint density at radius 2 is 2.07 bits per heavy atom. The van der Waals surface area contributed by atoms with Crippen molar-refractivity contribution in [1.29, 1.82) is 0 Å². The summed E-state index contributed by atoms with van der Waals surface area (Å²) in [5.74, 6) is 1.07. The van der Waals surface area contributed by atoms with Crippen LogP contribution in [0.25, 0.3) is 0 Å². The summed E-state index contributed by atoms with van der Waals surface area (Å²) in [5, 5.41) is 0. The lowest BCUT2D eigenvalue weighted by atomic mass is 9.89. The van der Waals surface area contributed by atoms with E-state index < -0.39 is 0 Å². The van der Waals surface area contributed by atoms with E-state index in [0.717, 1.165) is 12.4 Å². The van der Waals surface area contributed by atoms with Gasteiger partial charge in [0.15, 0.2) is 0 Å². The SMILES string of the molecule is C=C(OCC(C)(C)CCC)C(C)CN. The van der Waals surface area contributed by atoms with Gasteiger partial charge in [0.2, 0.25) is 0 Å². The third kappa shape index (κ3) is 5.28. The lowest BCUT2D eigenvalue weighted by molar-refractivity contribution is 0.0934. The molecule has 14 heavy (non-hydrogen) atoms. The van der Waals surface area contributed by atoms with E-state index in [1.165, 1.54) is 12.8 Å². The first-order valence-electron chi connectivity index (χ1n) is 5.44. The maximum atomic E-state index is 5.64. The Kier molecular flexibility index (Phi) is 5.86. The highest BCUT2D eigenvalue weighted by Gasteiger charge is 2.18. The van der Waals surface area contributed by atoms with Gasteiger partial charge in [0, 0.05) is 12.5 Å². The lowest BCUT2D eigenvalue weighted by Crippen LogP contribution is -2.22. The smallest absolute Gasteiger partial charge is 0.0929 e. The molecule has 0 bridgehead atoms. The zero-order valence-corrected chi connectivity index (χ0v) is 10.1. The van der Waals surface area contributed by atoms with Crippen molar-refractivity contribution in [2.45, 2.75) is 40.5 Å². The molecule has 84 valence electrons. The molecule has 0 aromatic heterocycles. The third-order valence-corrected chi connectivity index (χ3v) is 2.48. The molecule has 1 atom stereocenters. The van der Waals surface area contributed by atoms with Crippen LogP contribution in [0.4, 0.5) is 0 Å². The van der Waals surface area contributed by atoms with Gasteiger partial charge in [-0.25, -0.2) is 0 Å². The van der Waals surface area contributed by atoms with Crippen LogP contribution >= 0.6 is 0 Å². The molecular formula is C12H25NO. The van der Waals surface area contributed by atoms with Crippen LogP contribution in [-0.2, 0) is 4.74 Å². The molecule has 0 aliphatic carbocycles. The zero-order chi connectivity index (χ0) is 11.2. The average Bonchev–Trinajstić information content (AvgIpc) is 2.13. The molecule has 0 saturated heterocycles. The van der Waals surface area contributed by atoms with Crippen molar-refractivity contribution in [2.75, 3.05) is 13.2 Å². The first-order valence-corrected chi connectivity index (χ1v) is 5.44. The molecule has 0 spiro atoms. The van der Waals surface area contributed by atoms with E-state index in [1.807, 2.05) is 6.92 Å². The van der Waals surface area contributed by atoms with E-state index in [-0.39, 0.29) is 11.3 Å². The lowest BCUT2D eigenvalue weighted by Gasteiger charge is -2.26. The van der Waals surface area contributed by atoms with E-state index in [1.54, 1.807) is 0 Å². The van der Waals surface area contributed by atoms with Crippen molar-refractivity contribution < 1.29 is 4.74 Å². The molecule has 0 saturated carbocycles. The highest BCUT2D eigenvalue weighted by Crippen LogP contribution is 2.24. The first kappa shape index (κ1) is 13.5. The van der Waals surface area contributed by atoms with Gasteiger partial charge < -0.3 is 10.5 Å². The molecule has 0 rings (SSSR count). The molecule has 1 unspecified atom stereocenters. The van der Waals surface area contributed by atoms with Crippen LogP contribution in [-0.4, -0.2) is 13.2 Å².